The largest absolute Gasteiger partial charge is 0.465 e. The molecule has 1 aromatic carbocycles. The Bertz CT molecular complexity index is 732. The van der Waals surface area contributed by atoms with Crippen molar-refractivity contribution in [3.05, 3.63) is 58.9 Å². The average Bonchev–Trinajstić information content (AvgIpc) is 3.07. The van der Waals surface area contributed by atoms with E-state index in [0.717, 1.165) is 11.3 Å². The number of furan rings is 1. The second kappa shape index (κ2) is 5.61. The van der Waals surface area contributed by atoms with Crippen molar-refractivity contribution in [1.29, 1.82) is 0 Å². The Morgan fingerprint density at radius 2 is 2.05 bits per heavy atom. The second-order valence-electron chi connectivity index (χ2n) is 4.67. The molecule has 4 nitrogen and oxygen atoms in total. The van der Waals surface area contributed by atoms with E-state index in [9.17, 15) is 4.79 Å². The molecule has 2 aromatic rings. The van der Waals surface area contributed by atoms with Crippen LogP contribution in [0.15, 0.2) is 57.0 Å². The fourth-order valence-electron chi connectivity index (χ4n) is 1.95. The molecule has 0 aliphatic carbocycles. The molecule has 0 bridgehead atoms. The third-order valence-electron chi connectivity index (χ3n) is 3.15. The molecule has 0 saturated carbocycles. The number of likely N-dealkylation sites (N-methyl/N-ethyl adjacent to an activating group) is 1. The van der Waals surface area contributed by atoms with Gasteiger partial charge in [0, 0.05) is 13.1 Å². The van der Waals surface area contributed by atoms with Crippen LogP contribution in [0.1, 0.15) is 11.3 Å². The van der Waals surface area contributed by atoms with Gasteiger partial charge in [-0.05, 0) is 42.4 Å². The quantitative estimate of drug-likeness (QED) is 0.792. The van der Waals surface area contributed by atoms with Crippen LogP contribution in [0.4, 0.5) is 5.69 Å². The van der Waals surface area contributed by atoms with E-state index in [-0.39, 0.29) is 5.91 Å². The summed E-state index contributed by atoms with van der Waals surface area (Å²) in [5.74, 6) is 0.597. The molecule has 2 heterocycles. The maximum atomic E-state index is 12.2. The topological polar surface area (TPSA) is 45.8 Å². The van der Waals surface area contributed by atoms with Crippen molar-refractivity contribution >= 4 is 34.6 Å². The predicted octanol–water partition coefficient (Wildman–Crippen LogP) is 3.82. The summed E-state index contributed by atoms with van der Waals surface area (Å²) in [6.45, 7) is 2.00. The average molecular weight is 298 g/mol. The van der Waals surface area contributed by atoms with Crippen LogP contribution in [0.25, 0.3) is 6.08 Å². The van der Waals surface area contributed by atoms with Crippen LogP contribution in [0.2, 0.25) is 0 Å². The molecular weight excluding hydrogens is 284 g/mol. The molecule has 0 radical (unpaired) electrons. The van der Waals surface area contributed by atoms with Gasteiger partial charge in [0.25, 0.3) is 5.91 Å². The number of hydrogen-bond acceptors (Lipinski definition) is 4. The standard InChI is InChI=1S/C16H14N2O2S/c1-11-6-3-4-8-13(11)17-16-18(2)15(19)14(21-16)10-12-7-5-9-20-12/h3-10H,1-2H3/b14-10+,17-16?. The second-order valence-corrected chi connectivity index (χ2v) is 5.68. The SMILES string of the molecule is Cc1ccccc1N=C1S/C(=C/c2ccco2)C(=O)N1C. The predicted molar refractivity (Wildman–Crippen MR) is 85.3 cm³/mol. The van der Waals surface area contributed by atoms with Gasteiger partial charge in [-0.25, -0.2) is 4.99 Å². The number of amides is 1. The fraction of sp³-hybridized carbons (Fsp3) is 0.125. The van der Waals surface area contributed by atoms with Gasteiger partial charge in [0.1, 0.15) is 5.76 Å². The van der Waals surface area contributed by atoms with E-state index in [1.807, 2.05) is 37.3 Å². The minimum absolute atomic E-state index is 0.0660. The van der Waals surface area contributed by atoms with Crippen LogP contribution in [-0.4, -0.2) is 23.0 Å². The summed E-state index contributed by atoms with van der Waals surface area (Å²) in [5, 5.41) is 0.673. The van der Waals surface area contributed by atoms with Gasteiger partial charge in [0.15, 0.2) is 5.17 Å². The Labute approximate surface area is 127 Å². The number of carbonyl (C=O) groups is 1. The van der Waals surface area contributed by atoms with Crippen molar-refractivity contribution in [2.24, 2.45) is 4.99 Å². The fourth-order valence-corrected chi connectivity index (χ4v) is 2.91. The van der Waals surface area contributed by atoms with Crippen LogP contribution in [0, 0.1) is 6.92 Å². The summed E-state index contributed by atoms with van der Waals surface area (Å²) in [6.07, 6.45) is 3.33. The lowest BCUT2D eigenvalue weighted by Crippen LogP contribution is -2.23. The highest BCUT2D eigenvalue weighted by Gasteiger charge is 2.30. The van der Waals surface area contributed by atoms with Gasteiger partial charge in [0.2, 0.25) is 0 Å². The van der Waals surface area contributed by atoms with Crippen molar-refractivity contribution in [2.75, 3.05) is 7.05 Å². The summed E-state index contributed by atoms with van der Waals surface area (Å²) in [4.78, 5) is 19.0. The summed E-state index contributed by atoms with van der Waals surface area (Å²) >= 11 is 1.36. The van der Waals surface area contributed by atoms with Crippen molar-refractivity contribution < 1.29 is 9.21 Å². The number of amidine groups is 1. The number of aryl methyl sites for hydroxylation is 1. The normalized spacial score (nSPS) is 19.0. The van der Waals surface area contributed by atoms with E-state index in [4.69, 9.17) is 4.42 Å². The number of hydrogen-bond donors (Lipinski definition) is 0. The lowest BCUT2D eigenvalue weighted by molar-refractivity contribution is -0.121. The van der Waals surface area contributed by atoms with E-state index in [1.54, 1.807) is 30.4 Å². The molecule has 1 amide bonds. The molecule has 0 spiro atoms. The number of benzene rings is 1. The minimum Gasteiger partial charge on any atom is -0.465 e. The van der Waals surface area contributed by atoms with E-state index >= 15 is 0 Å². The van der Waals surface area contributed by atoms with E-state index < -0.39 is 0 Å². The molecule has 5 heteroatoms. The molecule has 1 aromatic heterocycles. The maximum Gasteiger partial charge on any atom is 0.266 e. The Balaban J connectivity index is 1.92. The lowest BCUT2D eigenvalue weighted by Gasteiger charge is -2.08. The Kier molecular flexibility index (Phi) is 3.66. The van der Waals surface area contributed by atoms with Gasteiger partial charge in [-0.2, -0.15) is 0 Å². The summed E-state index contributed by atoms with van der Waals surface area (Å²) in [5.41, 5.74) is 1.95. The molecule has 106 valence electrons. The first-order valence-corrected chi connectivity index (χ1v) is 7.32. The Hall–Kier alpha value is -2.27. The van der Waals surface area contributed by atoms with Gasteiger partial charge in [-0.15, -0.1) is 0 Å². The lowest BCUT2D eigenvalue weighted by atomic mass is 10.2. The third kappa shape index (κ3) is 2.78. The molecule has 0 atom stereocenters. The summed E-state index contributed by atoms with van der Waals surface area (Å²) < 4.78 is 5.25. The Morgan fingerprint density at radius 3 is 2.76 bits per heavy atom. The van der Waals surface area contributed by atoms with Crippen molar-refractivity contribution in [3.63, 3.8) is 0 Å². The number of thioether (sulfide) groups is 1. The van der Waals surface area contributed by atoms with Crippen LogP contribution in [0.5, 0.6) is 0 Å². The number of para-hydroxylation sites is 1. The molecule has 1 fully saturated rings. The smallest absolute Gasteiger partial charge is 0.266 e. The summed E-state index contributed by atoms with van der Waals surface area (Å²) in [6, 6.07) is 11.5. The zero-order valence-electron chi connectivity index (χ0n) is 11.7. The minimum atomic E-state index is -0.0660. The highest BCUT2D eigenvalue weighted by Crippen LogP contribution is 2.33. The zero-order valence-corrected chi connectivity index (χ0v) is 12.6. The number of aliphatic imine (C=N–C) groups is 1. The van der Waals surface area contributed by atoms with Gasteiger partial charge >= 0.3 is 0 Å². The maximum absolute atomic E-state index is 12.2. The van der Waals surface area contributed by atoms with Crippen LogP contribution in [0.3, 0.4) is 0 Å². The zero-order chi connectivity index (χ0) is 14.8. The van der Waals surface area contributed by atoms with Crippen molar-refractivity contribution in [3.8, 4) is 0 Å². The molecule has 1 aliphatic heterocycles. The van der Waals surface area contributed by atoms with E-state index in [2.05, 4.69) is 4.99 Å². The molecule has 1 saturated heterocycles. The number of rotatable bonds is 2. The highest BCUT2D eigenvalue weighted by atomic mass is 32.2. The van der Waals surface area contributed by atoms with Gasteiger partial charge in [-0.3, -0.25) is 9.69 Å². The molecular formula is C16H14N2O2S. The van der Waals surface area contributed by atoms with Crippen LogP contribution in [-0.2, 0) is 4.79 Å². The molecule has 1 aliphatic rings. The van der Waals surface area contributed by atoms with Gasteiger partial charge in [-0.1, -0.05) is 18.2 Å². The van der Waals surface area contributed by atoms with Gasteiger partial charge in [0.05, 0.1) is 16.9 Å². The molecule has 0 N–H and O–H groups in total. The van der Waals surface area contributed by atoms with E-state index in [0.29, 0.717) is 15.8 Å². The first-order valence-electron chi connectivity index (χ1n) is 6.50. The molecule has 21 heavy (non-hydrogen) atoms. The van der Waals surface area contributed by atoms with Gasteiger partial charge < -0.3 is 4.42 Å². The van der Waals surface area contributed by atoms with Crippen molar-refractivity contribution in [1.82, 2.24) is 4.90 Å². The third-order valence-corrected chi connectivity index (χ3v) is 4.21. The van der Waals surface area contributed by atoms with E-state index in [1.165, 1.54) is 11.8 Å². The number of carbonyl (C=O) groups excluding carboxylic acids is 1. The summed E-state index contributed by atoms with van der Waals surface area (Å²) in [7, 11) is 1.73. The molecule has 0 unspecified atom stereocenters. The Morgan fingerprint density at radius 1 is 1.24 bits per heavy atom. The number of nitrogens with zero attached hydrogens (tertiary/aromatic N) is 2. The van der Waals surface area contributed by atoms with Crippen LogP contribution < -0.4 is 0 Å². The van der Waals surface area contributed by atoms with Crippen LogP contribution >= 0.6 is 11.8 Å². The van der Waals surface area contributed by atoms with Crippen molar-refractivity contribution in [2.45, 2.75) is 6.92 Å². The first kappa shape index (κ1) is 13.7. The molecule has 3 rings (SSSR count). The first-order chi connectivity index (χ1) is 10.1. The monoisotopic (exact) mass is 298 g/mol. The highest BCUT2D eigenvalue weighted by molar-refractivity contribution is 8.18.